The predicted molar refractivity (Wildman–Crippen MR) is 108 cm³/mol. The number of hydrogen-bond acceptors (Lipinski definition) is 3. The quantitative estimate of drug-likeness (QED) is 0.453. The van der Waals surface area contributed by atoms with Gasteiger partial charge in [-0.1, -0.05) is 6.07 Å². The lowest BCUT2D eigenvalue weighted by atomic mass is 9.85. The maximum Gasteiger partial charge on any atom is 0.0744 e. The Morgan fingerprint density at radius 1 is 0.889 bits per heavy atom. The minimum atomic E-state index is 1.03. The van der Waals surface area contributed by atoms with Crippen LogP contribution in [-0.4, -0.2) is 25.4 Å². The Bertz CT molecular complexity index is 1340. The number of nitrogens with zero attached hydrogens (tertiary/aromatic N) is 3. The Hall–Kier alpha value is -3.21. The van der Waals surface area contributed by atoms with Crippen molar-refractivity contribution in [2.75, 3.05) is 0 Å². The van der Waals surface area contributed by atoms with Crippen LogP contribution >= 0.6 is 0 Å². The summed E-state index contributed by atoms with van der Waals surface area (Å²) in [6, 6.07) is 10.7. The average molecular weight is 353 g/mol. The summed E-state index contributed by atoms with van der Waals surface area (Å²) < 4.78 is 0. The van der Waals surface area contributed by atoms with Crippen LogP contribution in [0.4, 0.5) is 0 Å². The van der Waals surface area contributed by atoms with Crippen LogP contribution in [0.2, 0.25) is 0 Å². The molecular weight excluding hydrogens is 334 g/mol. The van der Waals surface area contributed by atoms with Crippen molar-refractivity contribution in [1.82, 2.24) is 25.4 Å². The van der Waals surface area contributed by atoms with E-state index in [1.54, 1.807) is 0 Å². The standard InChI is InChI=1S/C22H19N5/c1-12-16-10-13(6-7-18(16)27-25-12)22-15-5-3-2-4-14(15)21-17-11-23-26-19(17)8-9-20(21)24-22/h6-11H,2-5H2,1H3,(H,23,26)(H,25,27). The molecule has 5 aromatic rings. The van der Waals surface area contributed by atoms with Gasteiger partial charge in [0.2, 0.25) is 0 Å². The van der Waals surface area contributed by atoms with Crippen LogP contribution in [0.1, 0.15) is 29.7 Å². The number of aromatic nitrogens is 5. The molecule has 3 aromatic heterocycles. The first-order valence-electron chi connectivity index (χ1n) is 9.52. The Labute approximate surface area is 155 Å². The Morgan fingerprint density at radius 2 is 1.70 bits per heavy atom. The number of rotatable bonds is 1. The number of aromatic amines is 2. The van der Waals surface area contributed by atoms with Gasteiger partial charge in [-0.2, -0.15) is 10.2 Å². The minimum Gasteiger partial charge on any atom is -0.278 e. The molecule has 0 fully saturated rings. The van der Waals surface area contributed by atoms with E-state index in [1.165, 1.54) is 45.7 Å². The van der Waals surface area contributed by atoms with Gasteiger partial charge in [0.1, 0.15) is 0 Å². The van der Waals surface area contributed by atoms with Gasteiger partial charge < -0.3 is 0 Å². The highest BCUT2D eigenvalue weighted by Gasteiger charge is 2.21. The first-order valence-corrected chi connectivity index (χ1v) is 9.52. The number of fused-ring (bicyclic) bond motifs is 6. The summed E-state index contributed by atoms with van der Waals surface area (Å²) in [5, 5.41) is 18.4. The van der Waals surface area contributed by atoms with Gasteiger partial charge in [0.25, 0.3) is 0 Å². The Kier molecular flexibility index (Phi) is 2.98. The van der Waals surface area contributed by atoms with Crippen molar-refractivity contribution in [3.05, 3.63) is 53.3 Å². The summed E-state index contributed by atoms with van der Waals surface area (Å²) >= 11 is 0. The molecule has 1 aliphatic carbocycles. The van der Waals surface area contributed by atoms with E-state index in [0.717, 1.165) is 40.8 Å². The lowest BCUT2D eigenvalue weighted by Gasteiger charge is -2.21. The first kappa shape index (κ1) is 14.9. The summed E-state index contributed by atoms with van der Waals surface area (Å²) in [5.41, 5.74) is 9.42. The lowest BCUT2D eigenvalue weighted by molar-refractivity contribution is 0.689. The second-order valence-electron chi connectivity index (χ2n) is 7.48. The highest BCUT2D eigenvalue weighted by atomic mass is 15.1. The molecule has 2 aromatic carbocycles. The van der Waals surface area contributed by atoms with Crippen molar-refractivity contribution >= 4 is 32.7 Å². The molecular formula is C22H19N5. The van der Waals surface area contributed by atoms with E-state index in [0.29, 0.717) is 0 Å². The van der Waals surface area contributed by atoms with E-state index in [2.05, 4.69) is 50.7 Å². The zero-order valence-corrected chi connectivity index (χ0v) is 15.1. The maximum atomic E-state index is 5.14. The molecule has 0 aliphatic heterocycles. The molecule has 3 heterocycles. The molecule has 132 valence electrons. The molecule has 27 heavy (non-hydrogen) atoms. The number of pyridine rings is 1. The van der Waals surface area contributed by atoms with Crippen molar-refractivity contribution in [2.24, 2.45) is 0 Å². The summed E-state index contributed by atoms with van der Waals surface area (Å²) in [4.78, 5) is 5.14. The lowest BCUT2D eigenvalue weighted by Crippen LogP contribution is -2.07. The second-order valence-corrected chi connectivity index (χ2v) is 7.48. The smallest absolute Gasteiger partial charge is 0.0744 e. The molecule has 5 nitrogen and oxygen atoms in total. The van der Waals surface area contributed by atoms with Crippen molar-refractivity contribution < 1.29 is 0 Å². The zero-order valence-electron chi connectivity index (χ0n) is 15.1. The molecule has 1 aliphatic rings. The van der Waals surface area contributed by atoms with Gasteiger partial charge in [0.05, 0.1) is 34.1 Å². The predicted octanol–water partition coefficient (Wildman–Crippen LogP) is 4.84. The Morgan fingerprint density at radius 3 is 2.63 bits per heavy atom. The fourth-order valence-corrected chi connectivity index (χ4v) is 4.58. The van der Waals surface area contributed by atoms with Gasteiger partial charge >= 0.3 is 0 Å². The number of H-pyrrole nitrogens is 2. The molecule has 0 saturated carbocycles. The average Bonchev–Trinajstić information content (AvgIpc) is 3.33. The van der Waals surface area contributed by atoms with E-state index in [-0.39, 0.29) is 0 Å². The van der Waals surface area contributed by atoms with Crippen LogP contribution in [0.15, 0.2) is 36.5 Å². The Balaban J connectivity index is 1.71. The molecule has 0 unspecified atom stereocenters. The van der Waals surface area contributed by atoms with E-state index >= 15 is 0 Å². The van der Waals surface area contributed by atoms with Crippen LogP contribution in [0.5, 0.6) is 0 Å². The molecule has 0 spiro atoms. The largest absolute Gasteiger partial charge is 0.278 e. The van der Waals surface area contributed by atoms with Crippen molar-refractivity contribution in [3.63, 3.8) is 0 Å². The summed E-state index contributed by atoms with van der Waals surface area (Å²) in [6.45, 7) is 2.04. The number of hydrogen-bond donors (Lipinski definition) is 2. The van der Waals surface area contributed by atoms with Crippen LogP contribution in [0.25, 0.3) is 44.0 Å². The van der Waals surface area contributed by atoms with Gasteiger partial charge in [-0.25, -0.2) is 4.98 Å². The fourth-order valence-electron chi connectivity index (χ4n) is 4.58. The molecule has 0 bridgehead atoms. The van der Waals surface area contributed by atoms with Gasteiger partial charge in [0.15, 0.2) is 0 Å². The van der Waals surface area contributed by atoms with Crippen LogP contribution < -0.4 is 0 Å². The SMILES string of the molecule is Cc1n[nH]c2ccc(-c3nc4ccc5[nH]ncc5c4c4c3CCCC4)cc12. The third-order valence-electron chi connectivity index (χ3n) is 5.92. The van der Waals surface area contributed by atoms with Crippen LogP contribution in [0, 0.1) is 6.92 Å². The fraction of sp³-hybridized carbons (Fsp3) is 0.227. The highest BCUT2D eigenvalue weighted by molar-refractivity contribution is 6.07. The maximum absolute atomic E-state index is 5.14. The van der Waals surface area contributed by atoms with Crippen LogP contribution in [-0.2, 0) is 12.8 Å². The summed E-state index contributed by atoms with van der Waals surface area (Å²) in [7, 11) is 0. The number of benzene rings is 2. The minimum absolute atomic E-state index is 1.03. The van der Waals surface area contributed by atoms with E-state index in [1.807, 2.05) is 13.1 Å². The van der Waals surface area contributed by atoms with Gasteiger partial charge in [-0.3, -0.25) is 10.2 Å². The zero-order chi connectivity index (χ0) is 18.0. The van der Waals surface area contributed by atoms with Crippen molar-refractivity contribution in [2.45, 2.75) is 32.6 Å². The van der Waals surface area contributed by atoms with Crippen molar-refractivity contribution in [1.29, 1.82) is 0 Å². The normalized spacial score (nSPS) is 14.3. The van der Waals surface area contributed by atoms with Gasteiger partial charge in [-0.05, 0) is 68.0 Å². The highest BCUT2D eigenvalue weighted by Crippen LogP contribution is 2.38. The van der Waals surface area contributed by atoms with Crippen molar-refractivity contribution in [3.8, 4) is 11.3 Å². The molecule has 0 amide bonds. The summed E-state index contributed by atoms with van der Waals surface area (Å²) in [5.74, 6) is 0. The van der Waals surface area contributed by atoms with E-state index in [9.17, 15) is 0 Å². The van der Waals surface area contributed by atoms with E-state index < -0.39 is 0 Å². The summed E-state index contributed by atoms with van der Waals surface area (Å²) in [6.07, 6.45) is 6.60. The topological polar surface area (TPSA) is 70.2 Å². The third-order valence-corrected chi connectivity index (χ3v) is 5.92. The molecule has 6 rings (SSSR count). The molecule has 2 N–H and O–H groups in total. The van der Waals surface area contributed by atoms with Gasteiger partial charge in [0, 0.05) is 21.7 Å². The van der Waals surface area contributed by atoms with Gasteiger partial charge in [-0.15, -0.1) is 0 Å². The molecule has 0 atom stereocenters. The number of nitrogens with one attached hydrogen (secondary N) is 2. The monoisotopic (exact) mass is 353 g/mol. The number of aryl methyl sites for hydroxylation is 2. The molecule has 5 heteroatoms. The third kappa shape index (κ3) is 2.08. The molecule has 0 radical (unpaired) electrons. The van der Waals surface area contributed by atoms with E-state index in [4.69, 9.17) is 4.98 Å². The van der Waals surface area contributed by atoms with Crippen LogP contribution in [0.3, 0.4) is 0 Å². The molecule has 0 saturated heterocycles. The second kappa shape index (κ2) is 5.39. The first-order chi connectivity index (χ1) is 13.3.